The summed E-state index contributed by atoms with van der Waals surface area (Å²) in [6.45, 7) is 2.01. The van der Waals surface area contributed by atoms with Gasteiger partial charge in [-0.3, -0.25) is 0 Å². The van der Waals surface area contributed by atoms with Crippen molar-refractivity contribution in [3.05, 3.63) is 40.5 Å². The van der Waals surface area contributed by atoms with Crippen LogP contribution >= 0.6 is 0 Å². The molecule has 2 N–H and O–H groups in total. The van der Waals surface area contributed by atoms with E-state index in [-0.39, 0.29) is 5.97 Å². The molecule has 0 amide bonds. The maximum atomic E-state index is 11.5. The lowest BCUT2D eigenvalue weighted by molar-refractivity contribution is -0.136. The zero-order chi connectivity index (χ0) is 11.7. The second kappa shape index (κ2) is 4.00. The van der Waals surface area contributed by atoms with Crippen molar-refractivity contribution in [2.75, 3.05) is 7.11 Å². The Morgan fingerprint density at radius 2 is 2.12 bits per heavy atom. The number of carbonyl (C=O) groups excluding carboxylic acids is 1. The van der Waals surface area contributed by atoms with Gasteiger partial charge < -0.3 is 10.5 Å². The Kier molecular flexibility index (Phi) is 2.69. The van der Waals surface area contributed by atoms with Crippen LogP contribution in [0.2, 0.25) is 0 Å². The van der Waals surface area contributed by atoms with Crippen LogP contribution in [-0.4, -0.2) is 13.1 Å². The summed E-state index contributed by atoms with van der Waals surface area (Å²) in [5.74, 6) is -0.315. The normalized spacial score (nSPS) is 14.6. The molecule has 0 saturated carbocycles. The van der Waals surface area contributed by atoms with Gasteiger partial charge in [-0.2, -0.15) is 0 Å². The van der Waals surface area contributed by atoms with E-state index in [1.807, 2.05) is 13.0 Å². The zero-order valence-corrected chi connectivity index (χ0v) is 9.54. The van der Waals surface area contributed by atoms with Crippen LogP contribution in [0.1, 0.15) is 23.1 Å². The molecule has 1 aliphatic rings. The predicted molar refractivity (Wildman–Crippen MR) is 62.6 cm³/mol. The molecule has 2 rings (SSSR count). The number of methoxy groups -OCH3 is 1. The minimum atomic E-state index is -0.315. The predicted octanol–water partition coefficient (Wildman–Crippen LogP) is 1.78. The molecule has 0 unspecified atom stereocenters. The van der Waals surface area contributed by atoms with E-state index >= 15 is 0 Å². The maximum Gasteiger partial charge on any atom is 0.335 e. The zero-order valence-electron chi connectivity index (χ0n) is 9.54. The van der Waals surface area contributed by atoms with Crippen LogP contribution in [-0.2, 0) is 16.0 Å². The third-order valence-electron chi connectivity index (χ3n) is 2.96. The number of hydrogen-bond donors (Lipinski definition) is 1. The number of ether oxygens (including phenoxy) is 1. The lowest BCUT2D eigenvalue weighted by Crippen LogP contribution is -2.17. The Hall–Kier alpha value is -1.77. The summed E-state index contributed by atoms with van der Waals surface area (Å²) in [7, 11) is 1.38. The molecule has 3 heteroatoms. The fraction of sp³-hybridized carbons (Fsp3) is 0.308. The van der Waals surface area contributed by atoms with Crippen LogP contribution in [0.4, 0.5) is 0 Å². The van der Waals surface area contributed by atoms with Gasteiger partial charge in [0.1, 0.15) is 0 Å². The first-order valence-electron chi connectivity index (χ1n) is 5.30. The monoisotopic (exact) mass is 217 g/mol. The van der Waals surface area contributed by atoms with Gasteiger partial charge >= 0.3 is 5.97 Å². The van der Waals surface area contributed by atoms with Crippen molar-refractivity contribution < 1.29 is 9.53 Å². The van der Waals surface area contributed by atoms with Crippen molar-refractivity contribution in [1.82, 2.24) is 0 Å². The summed E-state index contributed by atoms with van der Waals surface area (Å²) in [6.07, 6.45) is 1.51. The maximum absolute atomic E-state index is 11.5. The molecular formula is C13H15NO2. The first kappa shape index (κ1) is 10.7. The van der Waals surface area contributed by atoms with Gasteiger partial charge in [0.15, 0.2) is 0 Å². The van der Waals surface area contributed by atoms with Gasteiger partial charge in [0.2, 0.25) is 0 Å². The van der Waals surface area contributed by atoms with Crippen LogP contribution in [0.5, 0.6) is 0 Å². The summed E-state index contributed by atoms with van der Waals surface area (Å²) in [5.41, 5.74) is 10.5. The highest BCUT2D eigenvalue weighted by Crippen LogP contribution is 2.29. The third-order valence-corrected chi connectivity index (χ3v) is 2.96. The Morgan fingerprint density at radius 1 is 1.38 bits per heavy atom. The molecule has 0 aromatic heterocycles. The molecule has 0 atom stereocenters. The van der Waals surface area contributed by atoms with E-state index in [9.17, 15) is 4.79 Å². The Balaban J connectivity index is 2.52. The van der Waals surface area contributed by atoms with Gasteiger partial charge in [-0.25, -0.2) is 4.79 Å². The number of hydrogen-bond acceptors (Lipinski definition) is 3. The fourth-order valence-corrected chi connectivity index (χ4v) is 2.05. The van der Waals surface area contributed by atoms with Gasteiger partial charge in [0.25, 0.3) is 0 Å². The topological polar surface area (TPSA) is 52.3 Å². The van der Waals surface area contributed by atoms with Crippen molar-refractivity contribution in [3.8, 4) is 0 Å². The number of fused-ring (bicyclic) bond motifs is 1. The molecule has 1 aliphatic carbocycles. The number of benzene rings is 1. The van der Waals surface area contributed by atoms with E-state index < -0.39 is 0 Å². The molecule has 0 radical (unpaired) electrons. The first-order chi connectivity index (χ1) is 7.63. The largest absolute Gasteiger partial charge is 0.466 e. The van der Waals surface area contributed by atoms with Crippen molar-refractivity contribution in [1.29, 1.82) is 0 Å². The lowest BCUT2D eigenvalue weighted by atomic mass is 9.88. The Morgan fingerprint density at radius 3 is 2.81 bits per heavy atom. The Bertz CT molecular complexity index is 475. The van der Waals surface area contributed by atoms with Gasteiger partial charge in [0, 0.05) is 11.3 Å². The summed E-state index contributed by atoms with van der Waals surface area (Å²) < 4.78 is 4.73. The number of carbonyl (C=O) groups is 1. The molecule has 3 nitrogen and oxygen atoms in total. The minimum absolute atomic E-state index is 0.315. The van der Waals surface area contributed by atoms with E-state index in [4.69, 9.17) is 10.5 Å². The highest BCUT2D eigenvalue weighted by molar-refractivity contribution is 5.98. The molecule has 0 heterocycles. The summed E-state index contributed by atoms with van der Waals surface area (Å²) >= 11 is 0. The molecule has 16 heavy (non-hydrogen) atoms. The number of rotatable bonds is 1. The molecule has 0 spiro atoms. The van der Waals surface area contributed by atoms with Crippen LogP contribution < -0.4 is 5.73 Å². The van der Waals surface area contributed by atoms with E-state index in [1.54, 1.807) is 0 Å². The molecule has 0 saturated heterocycles. The SMILES string of the molecule is COC(=O)C1=C(N)c2cc(C)ccc2CC1. The van der Waals surface area contributed by atoms with Gasteiger partial charge in [-0.05, 0) is 31.4 Å². The quantitative estimate of drug-likeness (QED) is 0.729. The lowest BCUT2D eigenvalue weighted by Gasteiger charge is -2.19. The van der Waals surface area contributed by atoms with Crippen molar-refractivity contribution in [3.63, 3.8) is 0 Å². The van der Waals surface area contributed by atoms with Crippen molar-refractivity contribution in [2.24, 2.45) is 5.73 Å². The van der Waals surface area contributed by atoms with E-state index in [0.717, 1.165) is 17.5 Å². The molecule has 1 aromatic carbocycles. The second-order valence-corrected chi connectivity index (χ2v) is 4.04. The van der Waals surface area contributed by atoms with E-state index in [0.29, 0.717) is 17.7 Å². The smallest absolute Gasteiger partial charge is 0.335 e. The first-order valence-corrected chi connectivity index (χ1v) is 5.30. The van der Waals surface area contributed by atoms with Crippen molar-refractivity contribution >= 4 is 11.7 Å². The molecule has 1 aromatic rings. The van der Waals surface area contributed by atoms with Crippen LogP contribution in [0.15, 0.2) is 23.8 Å². The summed E-state index contributed by atoms with van der Waals surface area (Å²) in [4.78, 5) is 11.5. The number of aryl methyl sites for hydroxylation is 2. The van der Waals surface area contributed by atoms with E-state index in [2.05, 4.69) is 12.1 Å². The molecule has 84 valence electrons. The fourth-order valence-electron chi connectivity index (χ4n) is 2.05. The summed E-state index contributed by atoms with van der Waals surface area (Å²) in [6, 6.07) is 6.16. The van der Waals surface area contributed by atoms with Gasteiger partial charge in [-0.1, -0.05) is 17.7 Å². The highest BCUT2D eigenvalue weighted by Gasteiger charge is 2.22. The number of nitrogens with two attached hydrogens (primary N) is 1. The highest BCUT2D eigenvalue weighted by atomic mass is 16.5. The Labute approximate surface area is 94.9 Å². The van der Waals surface area contributed by atoms with Gasteiger partial charge in [0.05, 0.1) is 12.7 Å². The molecule has 0 fully saturated rings. The molecule has 0 bridgehead atoms. The van der Waals surface area contributed by atoms with E-state index in [1.165, 1.54) is 12.7 Å². The second-order valence-electron chi connectivity index (χ2n) is 4.04. The minimum Gasteiger partial charge on any atom is -0.466 e. The average Bonchev–Trinajstić information content (AvgIpc) is 2.29. The third kappa shape index (κ3) is 1.69. The van der Waals surface area contributed by atoms with Crippen LogP contribution in [0.25, 0.3) is 5.70 Å². The number of esters is 1. The van der Waals surface area contributed by atoms with Gasteiger partial charge in [-0.15, -0.1) is 0 Å². The molecular weight excluding hydrogens is 202 g/mol. The average molecular weight is 217 g/mol. The van der Waals surface area contributed by atoms with Crippen LogP contribution in [0.3, 0.4) is 0 Å². The standard InChI is InChI=1S/C13H15NO2/c1-8-3-4-9-5-6-10(13(15)16-2)12(14)11(9)7-8/h3-4,7H,5-6,14H2,1-2H3. The summed E-state index contributed by atoms with van der Waals surface area (Å²) in [5, 5.41) is 0. The van der Waals surface area contributed by atoms with Crippen molar-refractivity contribution in [2.45, 2.75) is 19.8 Å². The molecule has 0 aliphatic heterocycles. The van der Waals surface area contributed by atoms with Crippen LogP contribution in [0, 0.1) is 6.92 Å².